The molecule has 0 amide bonds. The number of halogens is 1. The summed E-state index contributed by atoms with van der Waals surface area (Å²) in [7, 11) is 0. The van der Waals surface area contributed by atoms with Crippen molar-refractivity contribution < 1.29 is 0 Å². The molecular weight excluding hydrogens is 228 g/mol. The highest BCUT2D eigenvalue weighted by Gasteiger charge is 2.19. The molecule has 72 valence electrons. The van der Waals surface area contributed by atoms with Crippen molar-refractivity contribution >= 4 is 15.9 Å². The van der Waals surface area contributed by atoms with Crippen molar-refractivity contribution in [1.82, 2.24) is 4.98 Å². The summed E-state index contributed by atoms with van der Waals surface area (Å²) in [4.78, 5) is 4.20. The monoisotopic (exact) mass is 242 g/mol. The minimum atomic E-state index is 0.127. The van der Waals surface area contributed by atoms with Gasteiger partial charge in [-0.3, -0.25) is 0 Å². The van der Waals surface area contributed by atoms with Crippen molar-refractivity contribution in [2.45, 2.75) is 25.7 Å². The predicted molar refractivity (Wildman–Crippen MR) is 58.6 cm³/mol. The highest BCUT2D eigenvalue weighted by Crippen LogP contribution is 2.26. The molecule has 0 saturated carbocycles. The van der Waals surface area contributed by atoms with E-state index in [1.54, 1.807) is 0 Å². The van der Waals surface area contributed by atoms with Crippen LogP contribution in [0.5, 0.6) is 0 Å². The van der Waals surface area contributed by atoms with E-state index in [0.29, 0.717) is 6.54 Å². The summed E-state index contributed by atoms with van der Waals surface area (Å²) in [6.45, 7) is 5.08. The third-order valence-corrected chi connectivity index (χ3v) is 2.75. The molecule has 0 aliphatic heterocycles. The fourth-order valence-electron chi connectivity index (χ4n) is 1.28. The van der Waals surface area contributed by atoms with Crippen LogP contribution >= 0.6 is 15.9 Å². The third kappa shape index (κ3) is 2.78. The molecule has 0 unspecified atom stereocenters. The second-order valence-electron chi connectivity index (χ2n) is 3.79. The van der Waals surface area contributed by atoms with Gasteiger partial charge in [0.15, 0.2) is 0 Å². The molecule has 0 aliphatic carbocycles. The zero-order valence-electron chi connectivity index (χ0n) is 8.05. The van der Waals surface area contributed by atoms with Crippen molar-refractivity contribution in [1.29, 1.82) is 0 Å². The number of hydrogen-bond donors (Lipinski definition) is 1. The smallest absolute Gasteiger partial charge is 0.106 e. The predicted octanol–water partition coefficient (Wildman–Crippen LogP) is 2.47. The lowest BCUT2D eigenvalue weighted by atomic mass is 9.83. The summed E-state index contributed by atoms with van der Waals surface area (Å²) >= 11 is 3.32. The molecule has 0 aliphatic rings. The van der Waals surface area contributed by atoms with Crippen LogP contribution in [-0.2, 0) is 5.41 Å². The van der Waals surface area contributed by atoms with Crippen LogP contribution < -0.4 is 5.73 Å². The van der Waals surface area contributed by atoms with E-state index in [2.05, 4.69) is 40.8 Å². The first-order valence-electron chi connectivity index (χ1n) is 4.38. The average Bonchev–Trinajstić information content (AvgIpc) is 2.05. The van der Waals surface area contributed by atoms with Gasteiger partial charge in [0.2, 0.25) is 0 Å². The van der Waals surface area contributed by atoms with Crippen LogP contribution in [0.15, 0.2) is 22.9 Å². The minimum absolute atomic E-state index is 0.127. The van der Waals surface area contributed by atoms with Crippen molar-refractivity contribution in [2.75, 3.05) is 6.54 Å². The Labute approximate surface area is 87.7 Å². The number of rotatable bonds is 3. The van der Waals surface area contributed by atoms with Crippen molar-refractivity contribution in [3.05, 3.63) is 28.5 Å². The number of hydrogen-bond acceptors (Lipinski definition) is 2. The van der Waals surface area contributed by atoms with Gasteiger partial charge in [0.1, 0.15) is 4.60 Å². The van der Waals surface area contributed by atoms with Gasteiger partial charge in [0, 0.05) is 6.20 Å². The summed E-state index contributed by atoms with van der Waals surface area (Å²) in [5.74, 6) is 0. The Morgan fingerprint density at radius 1 is 1.46 bits per heavy atom. The van der Waals surface area contributed by atoms with E-state index in [-0.39, 0.29) is 5.41 Å². The van der Waals surface area contributed by atoms with Crippen LogP contribution in [0.3, 0.4) is 0 Å². The number of nitrogens with zero attached hydrogens (tertiary/aromatic N) is 1. The summed E-state index contributed by atoms with van der Waals surface area (Å²) in [6, 6.07) is 4.06. The second-order valence-corrected chi connectivity index (χ2v) is 4.60. The van der Waals surface area contributed by atoms with E-state index in [0.717, 1.165) is 11.0 Å². The average molecular weight is 243 g/mol. The molecule has 2 nitrogen and oxygen atoms in total. The molecule has 1 aromatic heterocycles. The molecular formula is C10H15BrN2. The Bertz CT molecular complexity index is 267. The van der Waals surface area contributed by atoms with E-state index in [4.69, 9.17) is 5.73 Å². The first kappa shape index (κ1) is 10.7. The van der Waals surface area contributed by atoms with Gasteiger partial charge < -0.3 is 5.73 Å². The Hall–Kier alpha value is -0.410. The maximum absolute atomic E-state index is 5.55. The fourth-order valence-corrected chi connectivity index (χ4v) is 1.52. The van der Waals surface area contributed by atoms with Gasteiger partial charge in [-0.2, -0.15) is 0 Å². The second kappa shape index (κ2) is 4.20. The maximum Gasteiger partial charge on any atom is 0.106 e. The van der Waals surface area contributed by atoms with Crippen LogP contribution in [0.1, 0.15) is 25.8 Å². The van der Waals surface area contributed by atoms with Crippen LogP contribution in [-0.4, -0.2) is 11.5 Å². The Balaban J connectivity index is 2.87. The molecule has 1 rings (SSSR count). The van der Waals surface area contributed by atoms with E-state index in [1.807, 2.05) is 12.3 Å². The lowest BCUT2D eigenvalue weighted by molar-refractivity contribution is 0.486. The Morgan fingerprint density at radius 2 is 2.15 bits per heavy atom. The van der Waals surface area contributed by atoms with Crippen molar-refractivity contribution in [2.24, 2.45) is 5.73 Å². The third-order valence-electron chi connectivity index (χ3n) is 2.28. The first-order valence-corrected chi connectivity index (χ1v) is 5.17. The maximum atomic E-state index is 5.55. The summed E-state index contributed by atoms with van der Waals surface area (Å²) < 4.78 is 0.875. The standard InChI is InChI=1S/C10H15BrN2/c1-10(2,5-6-12)8-3-4-9(11)13-7-8/h3-4,7H,5-6,12H2,1-2H3. The molecule has 0 aromatic carbocycles. The molecule has 1 heterocycles. The molecule has 0 atom stereocenters. The fraction of sp³-hybridized carbons (Fsp3) is 0.500. The van der Waals surface area contributed by atoms with Gasteiger partial charge in [-0.05, 0) is 45.9 Å². The van der Waals surface area contributed by atoms with E-state index < -0.39 is 0 Å². The molecule has 0 fully saturated rings. The van der Waals surface area contributed by atoms with Crippen LogP contribution in [0.25, 0.3) is 0 Å². The molecule has 13 heavy (non-hydrogen) atoms. The first-order chi connectivity index (χ1) is 6.06. The van der Waals surface area contributed by atoms with Crippen molar-refractivity contribution in [3.63, 3.8) is 0 Å². The lowest BCUT2D eigenvalue weighted by Gasteiger charge is -2.23. The zero-order chi connectivity index (χ0) is 9.90. The highest BCUT2D eigenvalue weighted by atomic mass is 79.9. The van der Waals surface area contributed by atoms with Gasteiger partial charge >= 0.3 is 0 Å². The summed E-state index contributed by atoms with van der Waals surface area (Å²) in [5, 5.41) is 0. The zero-order valence-corrected chi connectivity index (χ0v) is 9.63. The van der Waals surface area contributed by atoms with Gasteiger partial charge in [-0.25, -0.2) is 4.98 Å². The van der Waals surface area contributed by atoms with Gasteiger partial charge in [0.05, 0.1) is 0 Å². The van der Waals surface area contributed by atoms with Crippen LogP contribution in [0.2, 0.25) is 0 Å². The molecule has 1 aromatic rings. The van der Waals surface area contributed by atoms with Gasteiger partial charge in [0.25, 0.3) is 0 Å². The largest absolute Gasteiger partial charge is 0.330 e. The normalized spacial score (nSPS) is 11.7. The van der Waals surface area contributed by atoms with Gasteiger partial charge in [-0.1, -0.05) is 19.9 Å². The number of pyridine rings is 1. The Kier molecular flexibility index (Phi) is 3.45. The molecule has 2 N–H and O–H groups in total. The molecule has 3 heteroatoms. The molecule has 0 saturated heterocycles. The number of nitrogens with two attached hydrogens (primary N) is 1. The Morgan fingerprint density at radius 3 is 2.62 bits per heavy atom. The van der Waals surface area contributed by atoms with Crippen LogP contribution in [0.4, 0.5) is 0 Å². The lowest BCUT2D eigenvalue weighted by Crippen LogP contribution is -2.21. The van der Waals surface area contributed by atoms with E-state index in [9.17, 15) is 0 Å². The molecule has 0 bridgehead atoms. The topological polar surface area (TPSA) is 38.9 Å². The highest BCUT2D eigenvalue weighted by molar-refractivity contribution is 9.10. The van der Waals surface area contributed by atoms with Gasteiger partial charge in [-0.15, -0.1) is 0 Å². The molecule has 0 radical (unpaired) electrons. The summed E-state index contributed by atoms with van der Waals surface area (Å²) in [6.07, 6.45) is 2.88. The SMILES string of the molecule is CC(C)(CCN)c1ccc(Br)nc1. The minimum Gasteiger partial charge on any atom is -0.330 e. The molecule has 0 spiro atoms. The quantitative estimate of drug-likeness (QED) is 0.828. The van der Waals surface area contributed by atoms with E-state index >= 15 is 0 Å². The van der Waals surface area contributed by atoms with E-state index in [1.165, 1.54) is 5.56 Å². The van der Waals surface area contributed by atoms with Crippen molar-refractivity contribution in [3.8, 4) is 0 Å². The van der Waals surface area contributed by atoms with Crippen LogP contribution in [0, 0.1) is 0 Å². The number of aromatic nitrogens is 1. The summed E-state index contributed by atoms with van der Waals surface area (Å²) in [5.41, 5.74) is 6.92.